The molecule has 2 aromatic carbocycles. The summed E-state index contributed by atoms with van der Waals surface area (Å²) in [6, 6.07) is 12.7. The zero-order chi connectivity index (χ0) is 21.5. The molecule has 0 aliphatic rings. The molecule has 1 atom stereocenters. The summed E-state index contributed by atoms with van der Waals surface area (Å²) in [5.74, 6) is 0.590. The summed E-state index contributed by atoms with van der Waals surface area (Å²) in [7, 11) is 0. The smallest absolute Gasteiger partial charge is 0.344 e. The number of para-hydroxylation sites is 2. The van der Waals surface area contributed by atoms with Gasteiger partial charge in [-0.1, -0.05) is 12.1 Å². The van der Waals surface area contributed by atoms with Gasteiger partial charge in [-0.2, -0.15) is 0 Å². The quantitative estimate of drug-likeness (QED) is 0.293. The average Bonchev–Trinajstić information content (AvgIpc) is 3.24. The van der Waals surface area contributed by atoms with E-state index in [1.54, 1.807) is 31.2 Å². The van der Waals surface area contributed by atoms with Gasteiger partial charge in [0.2, 0.25) is 5.89 Å². The molecule has 10 heteroatoms. The van der Waals surface area contributed by atoms with Crippen molar-refractivity contribution in [3.8, 4) is 23.0 Å². The van der Waals surface area contributed by atoms with E-state index in [9.17, 15) is 14.9 Å². The molecule has 0 bridgehead atoms. The van der Waals surface area contributed by atoms with Crippen molar-refractivity contribution in [3.63, 3.8) is 0 Å². The second kappa shape index (κ2) is 9.50. The number of nitro groups is 1. The van der Waals surface area contributed by atoms with Crippen LogP contribution in [0.3, 0.4) is 0 Å². The highest BCUT2D eigenvalue weighted by atomic mass is 16.6. The number of nitrogens with zero attached hydrogens (tertiary/aromatic N) is 3. The Kier molecular flexibility index (Phi) is 6.58. The van der Waals surface area contributed by atoms with Crippen LogP contribution in [0.2, 0.25) is 0 Å². The van der Waals surface area contributed by atoms with Crippen molar-refractivity contribution >= 4 is 11.7 Å². The number of carbonyl (C=O) groups is 1. The second-order valence-electron chi connectivity index (χ2n) is 6.05. The topological polar surface area (TPSA) is 127 Å². The van der Waals surface area contributed by atoms with Crippen molar-refractivity contribution < 1.29 is 28.3 Å². The number of esters is 1. The lowest BCUT2D eigenvalue weighted by Crippen LogP contribution is -2.17. The van der Waals surface area contributed by atoms with Gasteiger partial charge in [0, 0.05) is 17.7 Å². The van der Waals surface area contributed by atoms with Crippen LogP contribution in [0.1, 0.15) is 25.8 Å². The number of nitro benzene ring substituents is 1. The van der Waals surface area contributed by atoms with Crippen molar-refractivity contribution in [2.45, 2.75) is 20.0 Å². The van der Waals surface area contributed by atoms with Crippen LogP contribution in [0.15, 0.2) is 52.9 Å². The number of carbonyl (C=O) groups excluding carboxylic acids is 1. The largest absolute Gasteiger partial charge is 0.490 e. The number of benzene rings is 2. The van der Waals surface area contributed by atoms with Gasteiger partial charge in [-0.15, -0.1) is 10.2 Å². The molecule has 10 nitrogen and oxygen atoms in total. The van der Waals surface area contributed by atoms with Crippen molar-refractivity contribution in [2.24, 2.45) is 0 Å². The summed E-state index contributed by atoms with van der Waals surface area (Å²) < 4.78 is 21.7. The molecule has 0 spiro atoms. The lowest BCUT2D eigenvalue weighted by Gasteiger charge is -2.12. The maximum Gasteiger partial charge on any atom is 0.344 e. The molecule has 0 aliphatic carbocycles. The fourth-order valence-corrected chi connectivity index (χ4v) is 2.50. The number of aromatic nitrogens is 2. The van der Waals surface area contributed by atoms with Crippen LogP contribution in [0.4, 0.5) is 5.69 Å². The molecule has 0 saturated carbocycles. The van der Waals surface area contributed by atoms with Gasteiger partial charge in [-0.3, -0.25) is 10.1 Å². The van der Waals surface area contributed by atoms with Gasteiger partial charge >= 0.3 is 5.97 Å². The lowest BCUT2D eigenvalue weighted by molar-refractivity contribution is -0.384. The van der Waals surface area contributed by atoms with Gasteiger partial charge in [-0.05, 0) is 38.1 Å². The van der Waals surface area contributed by atoms with Crippen LogP contribution < -0.4 is 9.47 Å². The Morgan fingerprint density at radius 2 is 1.77 bits per heavy atom. The highest BCUT2D eigenvalue weighted by molar-refractivity contribution is 5.71. The van der Waals surface area contributed by atoms with Crippen LogP contribution in [0, 0.1) is 10.1 Å². The van der Waals surface area contributed by atoms with Gasteiger partial charge in [0.15, 0.2) is 24.2 Å². The maximum atomic E-state index is 12.1. The lowest BCUT2D eigenvalue weighted by atomic mass is 10.2. The third kappa shape index (κ3) is 5.10. The van der Waals surface area contributed by atoms with Crippen molar-refractivity contribution in [1.82, 2.24) is 10.2 Å². The third-order valence-electron chi connectivity index (χ3n) is 3.92. The molecular formula is C20H19N3O7. The second-order valence-corrected chi connectivity index (χ2v) is 6.05. The van der Waals surface area contributed by atoms with E-state index in [0.29, 0.717) is 23.7 Å². The van der Waals surface area contributed by atoms with Gasteiger partial charge in [-0.25, -0.2) is 4.79 Å². The monoisotopic (exact) mass is 413 g/mol. The first kappa shape index (κ1) is 20.8. The average molecular weight is 413 g/mol. The van der Waals surface area contributed by atoms with E-state index in [4.69, 9.17) is 18.6 Å². The number of hydrogen-bond donors (Lipinski definition) is 0. The molecule has 1 unspecified atom stereocenters. The van der Waals surface area contributed by atoms with Gasteiger partial charge in [0.05, 0.1) is 11.5 Å². The molecule has 0 radical (unpaired) electrons. The first-order valence-electron chi connectivity index (χ1n) is 9.10. The van der Waals surface area contributed by atoms with Crippen molar-refractivity contribution in [3.05, 3.63) is 64.5 Å². The summed E-state index contributed by atoms with van der Waals surface area (Å²) in [6.07, 6.45) is -0.803. The fourth-order valence-electron chi connectivity index (χ4n) is 2.50. The zero-order valence-electron chi connectivity index (χ0n) is 16.3. The van der Waals surface area contributed by atoms with Gasteiger partial charge < -0.3 is 18.6 Å². The summed E-state index contributed by atoms with van der Waals surface area (Å²) in [5, 5.41) is 18.5. The van der Waals surface area contributed by atoms with E-state index < -0.39 is 17.0 Å². The predicted octanol–water partition coefficient (Wildman–Crippen LogP) is 3.73. The Hall–Kier alpha value is -3.95. The van der Waals surface area contributed by atoms with E-state index in [-0.39, 0.29) is 24.1 Å². The fraction of sp³-hybridized carbons (Fsp3) is 0.250. The highest BCUT2D eigenvalue weighted by Crippen LogP contribution is 2.27. The summed E-state index contributed by atoms with van der Waals surface area (Å²) in [4.78, 5) is 22.3. The van der Waals surface area contributed by atoms with E-state index >= 15 is 0 Å². The van der Waals surface area contributed by atoms with E-state index in [2.05, 4.69) is 10.2 Å². The van der Waals surface area contributed by atoms with Crippen LogP contribution in [-0.4, -0.2) is 34.3 Å². The highest BCUT2D eigenvalue weighted by Gasteiger charge is 2.20. The molecule has 1 heterocycles. The van der Waals surface area contributed by atoms with Gasteiger partial charge in [0.25, 0.3) is 11.6 Å². The number of rotatable bonds is 9. The Labute approximate surface area is 171 Å². The molecule has 0 N–H and O–H groups in total. The first-order chi connectivity index (χ1) is 14.5. The molecule has 0 fully saturated rings. The molecule has 3 aromatic rings. The molecule has 156 valence electrons. The normalized spacial score (nSPS) is 11.5. The van der Waals surface area contributed by atoms with Gasteiger partial charge in [0.1, 0.15) is 0 Å². The van der Waals surface area contributed by atoms with Crippen LogP contribution in [-0.2, 0) is 9.53 Å². The summed E-state index contributed by atoms with van der Waals surface area (Å²) >= 11 is 0. The number of ether oxygens (including phenoxy) is 3. The van der Waals surface area contributed by atoms with E-state index in [1.807, 2.05) is 6.92 Å². The molecule has 3 rings (SSSR count). The third-order valence-corrected chi connectivity index (χ3v) is 3.92. The standard InChI is InChI=1S/C20H19N3O7/c1-3-27-16-6-4-5-7-17(16)28-12-18(24)29-13(2)19-21-22-20(30-19)14-8-10-15(11-9-14)23(25)26/h4-11,13H,3,12H2,1-2H3. The predicted molar refractivity (Wildman–Crippen MR) is 104 cm³/mol. The maximum absolute atomic E-state index is 12.1. The zero-order valence-corrected chi connectivity index (χ0v) is 16.3. The first-order valence-corrected chi connectivity index (χ1v) is 9.10. The molecule has 0 saturated heterocycles. The summed E-state index contributed by atoms with van der Waals surface area (Å²) in [5.41, 5.74) is 0.459. The molecular weight excluding hydrogens is 394 g/mol. The van der Waals surface area contributed by atoms with Crippen LogP contribution >= 0.6 is 0 Å². The molecule has 0 aliphatic heterocycles. The Morgan fingerprint density at radius 3 is 2.40 bits per heavy atom. The minimum atomic E-state index is -0.803. The number of non-ortho nitro benzene ring substituents is 1. The van der Waals surface area contributed by atoms with E-state index in [0.717, 1.165) is 0 Å². The van der Waals surface area contributed by atoms with E-state index in [1.165, 1.54) is 24.3 Å². The minimum absolute atomic E-state index is 0.0494. The molecule has 1 aromatic heterocycles. The van der Waals surface area contributed by atoms with Crippen LogP contribution in [0.5, 0.6) is 11.5 Å². The van der Waals surface area contributed by atoms with Crippen LogP contribution in [0.25, 0.3) is 11.5 Å². The molecule has 30 heavy (non-hydrogen) atoms. The van der Waals surface area contributed by atoms with Crippen molar-refractivity contribution in [1.29, 1.82) is 0 Å². The SMILES string of the molecule is CCOc1ccccc1OCC(=O)OC(C)c1nnc(-c2ccc([N+](=O)[O-])cc2)o1. The molecule has 0 amide bonds. The van der Waals surface area contributed by atoms with Crippen molar-refractivity contribution in [2.75, 3.05) is 13.2 Å². The Morgan fingerprint density at radius 1 is 1.10 bits per heavy atom. The Balaban J connectivity index is 1.58. The summed E-state index contributed by atoms with van der Waals surface area (Å²) in [6.45, 7) is 3.58. The minimum Gasteiger partial charge on any atom is -0.490 e. The Bertz CT molecular complexity index is 1020. The number of hydrogen-bond acceptors (Lipinski definition) is 9.